The Morgan fingerprint density at radius 1 is 1.39 bits per heavy atom. The van der Waals surface area contributed by atoms with Crippen LogP contribution >= 0.6 is 0 Å². The molecule has 100 valence electrons. The minimum atomic E-state index is -0.565. The Labute approximate surface area is 106 Å². The maximum Gasteiger partial charge on any atom is 0.194 e. The van der Waals surface area contributed by atoms with E-state index >= 15 is 0 Å². The summed E-state index contributed by atoms with van der Waals surface area (Å²) >= 11 is 0. The molecule has 5 heteroatoms. The summed E-state index contributed by atoms with van der Waals surface area (Å²) in [6.45, 7) is 4.75. The van der Waals surface area contributed by atoms with Crippen LogP contribution < -0.4 is 10.1 Å². The average Bonchev–Trinajstić information content (AvgIpc) is 2.42. The zero-order chi connectivity index (χ0) is 13.0. The number of hydrogen-bond donors (Lipinski definition) is 2. The summed E-state index contributed by atoms with van der Waals surface area (Å²) in [6.07, 6.45) is 0.601. The smallest absolute Gasteiger partial charge is 0.194 e. The lowest BCUT2D eigenvalue weighted by atomic mass is 10.1. The van der Waals surface area contributed by atoms with Crippen LogP contribution in [0.1, 0.15) is 5.56 Å². The molecule has 0 aromatic heterocycles. The topological polar surface area (TPSA) is 44.7 Å². The summed E-state index contributed by atoms with van der Waals surface area (Å²) in [5.74, 6) is -0.779. The average molecular weight is 254 g/mol. The second-order valence-electron chi connectivity index (χ2n) is 4.43. The van der Waals surface area contributed by atoms with Gasteiger partial charge in [-0.05, 0) is 18.1 Å². The van der Waals surface area contributed by atoms with Crippen molar-refractivity contribution in [1.82, 2.24) is 10.2 Å². The molecule has 0 unspecified atom stereocenters. The first-order chi connectivity index (χ1) is 8.72. The van der Waals surface area contributed by atoms with E-state index in [1.807, 2.05) is 0 Å². The highest BCUT2D eigenvalue weighted by Crippen LogP contribution is 2.30. The molecular weight excluding hydrogens is 235 g/mol. The van der Waals surface area contributed by atoms with Crippen molar-refractivity contribution in [2.24, 2.45) is 0 Å². The number of phenolic OH excluding ortho intramolecular Hbond substituents is 1. The lowest BCUT2D eigenvalue weighted by Gasteiger charge is -2.27. The molecule has 0 bridgehead atoms. The van der Waals surface area contributed by atoms with Crippen LogP contribution in [0.15, 0.2) is 12.1 Å². The first-order valence-electron chi connectivity index (χ1n) is 6.19. The zero-order valence-electron chi connectivity index (χ0n) is 10.6. The van der Waals surface area contributed by atoms with Crippen LogP contribution in [0.3, 0.4) is 0 Å². The molecule has 2 N–H and O–H groups in total. The van der Waals surface area contributed by atoms with Gasteiger partial charge in [-0.3, -0.25) is 0 Å². The molecule has 1 aliphatic rings. The van der Waals surface area contributed by atoms with Gasteiger partial charge in [-0.1, -0.05) is 6.07 Å². The van der Waals surface area contributed by atoms with Crippen LogP contribution in [-0.2, 0) is 6.42 Å². The quantitative estimate of drug-likeness (QED) is 0.841. The second kappa shape index (κ2) is 6.02. The van der Waals surface area contributed by atoms with Crippen LogP contribution in [0.2, 0.25) is 0 Å². The normalized spacial score (nSPS) is 16.8. The fraction of sp³-hybridized carbons (Fsp3) is 0.538. The third-order valence-corrected chi connectivity index (χ3v) is 3.29. The molecule has 18 heavy (non-hydrogen) atoms. The van der Waals surface area contributed by atoms with Crippen LogP contribution in [-0.4, -0.2) is 49.8 Å². The minimum absolute atomic E-state index is 0.179. The van der Waals surface area contributed by atoms with E-state index in [0.29, 0.717) is 12.0 Å². The largest absolute Gasteiger partial charge is 0.502 e. The van der Waals surface area contributed by atoms with Crippen molar-refractivity contribution < 1.29 is 14.2 Å². The Kier molecular flexibility index (Phi) is 4.38. The molecular formula is C13H19FN2O2. The number of halogens is 1. The van der Waals surface area contributed by atoms with Gasteiger partial charge in [0.15, 0.2) is 17.3 Å². The van der Waals surface area contributed by atoms with Crippen molar-refractivity contribution in [2.75, 3.05) is 39.8 Å². The molecule has 1 heterocycles. The summed E-state index contributed by atoms with van der Waals surface area (Å²) in [5, 5.41) is 12.9. The first kappa shape index (κ1) is 13.1. The van der Waals surface area contributed by atoms with Gasteiger partial charge in [0.05, 0.1) is 7.11 Å². The highest BCUT2D eigenvalue weighted by atomic mass is 19.1. The molecule has 0 radical (unpaired) electrons. The SMILES string of the molecule is COc1ccc(CCN2CCNCC2)c(F)c1O. The minimum Gasteiger partial charge on any atom is -0.502 e. The highest BCUT2D eigenvalue weighted by Gasteiger charge is 2.15. The van der Waals surface area contributed by atoms with Crippen LogP contribution in [0.4, 0.5) is 4.39 Å². The Morgan fingerprint density at radius 3 is 2.78 bits per heavy atom. The molecule has 1 aliphatic heterocycles. The van der Waals surface area contributed by atoms with E-state index in [9.17, 15) is 9.50 Å². The van der Waals surface area contributed by atoms with E-state index in [1.165, 1.54) is 7.11 Å². The number of benzene rings is 1. The van der Waals surface area contributed by atoms with E-state index < -0.39 is 11.6 Å². The number of rotatable bonds is 4. The molecule has 0 spiro atoms. The standard InChI is InChI=1S/C13H19FN2O2/c1-18-11-3-2-10(12(14)13(11)17)4-7-16-8-5-15-6-9-16/h2-3,15,17H,4-9H2,1H3. The predicted octanol–water partition coefficient (Wildman–Crippen LogP) is 0.988. The number of methoxy groups -OCH3 is 1. The molecule has 1 saturated heterocycles. The lowest BCUT2D eigenvalue weighted by Crippen LogP contribution is -2.44. The second-order valence-corrected chi connectivity index (χ2v) is 4.43. The van der Waals surface area contributed by atoms with Crippen molar-refractivity contribution in [3.8, 4) is 11.5 Å². The van der Waals surface area contributed by atoms with E-state index in [4.69, 9.17) is 4.74 Å². The molecule has 1 fully saturated rings. The summed E-state index contributed by atoms with van der Waals surface area (Å²) in [6, 6.07) is 3.28. The molecule has 1 aromatic rings. The van der Waals surface area contributed by atoms with E-state index in [-0.39, 0.29) is 5.75 Å². The number of hydrogen-bond acceptors (Lipinski definition) is 4. The van der Waals surface area contributed by atoms with Crippen molar-refractivity contribution in [2.45, 2.75) is 6.42 Å². The van der Waals surface area contributed by atoms with Crippen molar-refractivity contribution in [3.63, 3.8) is 0 Å². The molecule has 2 rings (SSSR count). The maximum absolute atomic E-state index is 13.8. The highest BCUT2D eigenvalue weighted by molar-refractivity contribution is 5.43. The monoisotopic (exact) mass is 254 g/mol. The molecule has 0 atom stereocenters. The summed E-state index contributed by atoms with van der Waals surface area (Å²) in [5.41, 5.74) is 0.534. The van der Waals surface area contributed by atoms with E-state index in [0.717, 1.165) is 32.7 Å². The summed E-state index contributed by atoms with van der Waals surface area (Å²) in [7, 11) is 1.41. The van der Waals surface area contributed by atoms with Crippen molar-refractivity contribution in [3.05, 3.63) is 23.5 Å². The third kappa shape index (κ3) is 2.91. The first-order valence-corrected chi connectivity index (χ1v) is 6.19. The van der Waals surface area contributed by atoms with Gasteiger partial charge in [0, 0.05) is 32.7 Å². The Balaban J connectivity index is 1.98. The number of nitrogens with one attached hydrogen (secondary N) is 1. The van der Waals surface area contributed by atoms with Gasteiger partial charge in [0.1, 0.15) is 0 Å². The molecule has 1 aromatic carbocycles. The summed E-state index contributed by atoms with van der Waals surface area (Å²) in [4.78, 5) is 2.29. The van der Waals surface area contributed by atoms with Crippen molar-refractivity contribution >= 4 is 0 Å². The Bertz CT molecular complexity index is 406. The fourth-order valence-electron chi connectivity index (χ4n) is 2.16. The van der Waals surface area contributed by atoms with Crippen LogP contribution in [0.5, 0.6) is 11.5 Å². The van der Waals surface area contributed by atoms with Gasteiger partial charge in [-0.2, -0.15) is 0 Å². The predicted molar refractivity (Wildman–Crippen MR) is 67.6 cm³/mol. The number of piperazine rings is 1. The number of ether oxygens (including phenoxy) is 1. The fourth-order valence-corrected chi connectivity index (χ4v) is 2.16. The van der Waals surface area contributed by atoms with Gasteiger partial charge in [-0.15, -0.1) is 0 Å². The molecule has 0 saturated carbocycles. The number of nitrogens with zero attached hydrogens (tertiary/aromatic N) is 1. The van der Waals surface area contributed by atoms with Gasteiger partial charge < -0.3 is 20.1 Å². The number of phenols is 1. The van der Waals surface area contributed by atoms with Gasteiger partial charge in [0.25, 0.3) is 0 Å². The van der Waals surface area contributed by atoms with Gasteiger partial charge >= 0.3 is 0 Å². The summed E-state index contributed by atoms with van der Waals surface area (Å²) < 4.78 is 18.7. The third-order valence-electron chi connectivity index (χ3n) is 3.29. The molecule has 0 amide bonds. The number of aromatic hydroxyl groups is 1. The molecule has 0 aliphatic carbocycles. The van der Waals surface area contributed by atoms with Crippen LogP contribution in [0, 0.1) is 5.82 Å². The van der Waals surface area contributed by atoms with Crippen molar-refractivity contribution in [1.29, 1.82) is 0 Å². The Hall–Kier alpha value is -1.33. The lowest BCUT2D eigenvalue weighted by molar-refractivity contribution is 0.243. The molecule has 4 nitrogen and oxygen atoms in total. The van der Waals surface area contributed by atoms with E-state index in [1.54, 1.807) is 12.1 Å². The zero-order valence-corrected chi connectivity index (χ0v) is 10.6. The van der Waals surface area contributed by atoms with Gasteiger partial charge in [0.2, 0.25) is 0 Å². The van der Waals surface area contributed by atoms with E-state index in [2.05, 4.69) is 10.2 Å². The maximum atomic E-state index is 13.8. The van der Waals surface area contributed by atoms with Gasteiger partial charge in [-0.25, -0.2) is 4.39 Å². The Morgan fingerprint density at radius 2 is 2.11 bits per heavy atom. The van der Waals surface area contributed by atoms with Crippen LogP contribution in [0.25, 0.3) is 0 Å².